The Morgan fingerprint density at radius 1 is 1.32 bits per heavy atom. The molecule has 22 heavy (non-hydrogen) atoms. The number of hydrogen-bond acceptors (Lipinski definition) is 4. The summed E-state index contributed by atoms with van der Waals surface area (Å²) in [6.07, 6.45) is 0. The summed E-state index contributed by atoms with van der Waals surface area (Å²) in [6.45, 7) is 5.44. The summed E-state index contributed by atoms with van der Waals surface area (Å²) >= 11 is 1.40. The molecule has 2 aromatic rings. The van der Waals surface area contributed by atoms with Crippen molar-refractivity contribution >= 4 is 43.0 Å². The molecule has 0 saturated carbocycles. The highest BCUT2D eigenvalue weighted by atomic mass is 32.2. The molecule has 1 heterocycles. The van der Waals surface area contributed by atoms with Crippen LogP contribution in [0.1, 0.15) is 30.4 Å². The molecule has 0 unspecified atom stereocenters. The molecule has 0 aliphatic carbocycles. The van der Waals surface area contributed by atoms with Crippen molar-refractivity contribution in [1.82, 2.24) is 5.32 Å². The van der Waals surface area contributed by atoms with Crippen molar-refractivity contribution in [2.45, 2.75) is 26.8 Å². The van der Waals surface area contributed by atoms with Crippen molar-refractivity contribution in [2.75, 3.05) is 17.1 Å². The Morgan fingerprint density at radius 3 is 2.59 bits per heavy atom. The van der Waals surface area contributed by atoms with Gasteiger partial charge in [-0.25, -0.2) is 8.42 Å². The second-order valence-corrected chi connectivity index (χ2v) is 8.70. The lowest BCUT2D eigenvalue weighted by Gasteiger charge is -2.18. The van der Waals surface area contributed by atoms with E-state index in [0.29, 0.717) is 10.6 Å². The van der Waals surface area contributed by atoms with Crippen molar-refractivity contribution in [2.24, 2.45) is 0 Å². The van der Waals surface area contributed by atoms with Gasteiger partial charge in [0.25, 0.3) is 5.91 Å². The van der Waals surface area contributed by atoms with Gasteiger partial charge in [0.05, 0.1) is 16.3 Å². The van der Waals surface area contributed by atoms with Crippen LogP contribution in [0.5, 0.6) is 0 Å². The van der Waals surface area contributed by atoms with Crippen LogP contribution in [-0.2, 0) is 10.0 Å². The van der Waals surface area contributed by atoms with E-state index in [1.54, 1.807) is 32.2 Å². The first-order valence-corrected chi connectivity index (χ1v) is 9.48. The standard InChI is InChI=1S/C15H20N2O3S2/c1-5-22(19,20)17(4)12-6-7-13-11(8-12)9-14(21-13)15(18)16-10(2)3/h6-10H,5H2,1-4H3,(H,16,18). The van der Waals surface area contributed by atoms with Crippen molar-refractivity contribution in [1.29, 1.82) is 0 Å². The van der Waals surface area contributed by atoms with Gasteiger partial charge in [-0.05, 0) is 50.4 Å². The minimum absolute atomic E-state index is 0.0488. The molecule has 0 fully saturated rings. The molecule has 2 rings (SSSR count). The quantitative estimate of drug-likeness (QED) is 0.910. The Morgan fingerprint density at radius 2 is 2.00 bits per heavy atom. The van der Waals surface area contributed by atoms with Crippen LogP contribution in [0.4, 0.5) is 5.69 Å². The van der Waals surface area contributed by atoms with E-state index in [9.17, 15) is 13.2 Å². The lowest BCUT2D eigenvalue weighted by atomic mass is 10.2. The number of benzene rings is 1. The second-order valence-electron chi connectivity index (χ2n) is 5.33. The number of anilines is 1. The predicted octanol–water partition coefficient (Wildman–Crippen LogP) is 2.83. The summed E-state index contributed by atoms with van der Waals surface area (Å²) in [5, 5.41) is 3.73. The first-order chi connectivity index (χ1) is 10.2. The van der Waals surface area contributed by atoms with Gasteiger partial charge in [-0.1, -0.05) is 0 Å². The van der Waals surface area contributed by atoms with E-state index in [2.05, 4.69) is 5.32 Å². The molecule has 1 aromatic heterocycles. The zero-order chi connectivity index (χ0) is 16.5. The molecule has 0 saturated heterocycles. The van der Waals surface area contributed by atoms with Gasteiger partial charge in [0.15, 0.2) is 0 Å². The SMILES string of the molecule is CCS(=O)(=O)N(C)c1ccc2sc(C(=O)NC(C)C)cc2c1. The van der Waals surface area contributed by atoms with Gasteiger partial charge in [0.2, 0.25) is 10.0 Å². The monoisotopic (exact) mass is 340 g/mol. The van der Waals surface area contributed by atoms with E-state index >= 15 is 0 Å². The fourth-order valence-electron chi connectivity index (χ4n) is 2.03. The molecule has 120 valence electrons. The van der Waals surface area contributed by atoms with Crippen molar-refractivity contribution < 1.29 is 13.2 Å². The maximum atomic E-state index is 12.0. The van der Waals surface area contributed by atoms with E-state index < -0.39 is 10.0 Å². The molecule has 1 amide bonds. The average Bonchev–Trinajstić information content (AvgIpc) is 2.88. The lowest BCUT2D eigenvalue weighted by molar-refractivity contribution is 0.0947. The van der Waals surface area contributed by atoms with Gasteiger partial charge in [-0.3, -0.25) is 9.10 Å². The van der Waals surface area contributed by atoms with E-state index in [4.69, 9.17) is 0 Å². The molecule has 0 bridgehead atoms. The van der Waals surface area contributed by atoms with E-state index in [1.165, 1.54) is 15.6 Å². The molecule has 0 atom stereocenters. The number of carbonyl (C=O) groups excluding carboxylic acids is 1. The molecule has 1 aromatic carbocycles. The number of amides is 1. The fraction of sp³-hybridized carbons (Fsp3) is 0.400. The number of rotatable bonds is 5. The molecule has 7 heteroatoms. The summed E-state index contributed by atoms with van der Waals surface area (Å²) in [6, 6.07) is 7.28. The smallest absolute Gasteiger partial charge is 0.261 e. The zero-order valence-electron chi connectivity index (χ0n) is 13.1. The maximum absolute atomic E-state index is 12.0. The third kappa shape index (κ3) is 3.41. The minimum atomic E-state index is -3.29. The van der Waals surface area contributed by atoms with E-state index in [0.717, 1.165) is 10.1 Å². The summed E-state index contributed by atoms with van der Waals surface area (Å²) in [4.78, 5) is 12.7. The topological polar surface area (TPSA) is 66.5 Å². The fourth-order valence-corrected chi connectivity index (χ4v) is 3.79. The Labute approximate surface area is 135 Å². The largest absolute Gasteiger partial charge is 0.349 e. The highest BCUT2D eigenvalue weighted by Gasteiger charge is 2.17. The first-order valence-electron chi connectivity index (χ1n) is 7.05. The van der Waals surface area contributed by atoms with Crippen LogP contribution < -0.4 is 9.62 Å². The van der Waals surface area contributed by atoms with Crippen LogP contribution in [0.2, 0.25) is 0 Å². The molecular formula is C15H20N2O3S2. The van der Waals surface area contributed by atoms with Crippen LogP contribution in [0.15, 0.2) is 24.3 Å². The van der Waals surface area contributed by atoms with Gasteiger partial charge >= 0.3 is 0 Å². The van der Waals surface area contributed by atoms with Gasteiger partial charge in [0.1, 0.15) is 0 Å². The third-order valence-corrected chi connectivity index (χ3v) is 6.18. The minimum Gasteiger partial charge on any atom is -0.349 e. The summed E-state index contributed by atoms with van der Waals surface area (Å²) in [5.41, 5.74) is 0.600. The highest BCUT2D eigenvalue weighted by Crippen LogP contribution is 2.30. The van der Waals surface area contributed by atoms with Crippen molar-refractivity contribution in [3.63, 3.8) is 0 Å². The highest BCUT2D eigenvalue weighted by molar-refractivity contribution is 7.92. The van der Waals surface area contributed by atoms with Crippen LogP contribution >= 0.6 is 11.3 Å². The summed E-state index contributed by atoms with van der Waals surface area (Å²) < 4.78 is 26.1. The average molecular weight is 340 g/mol. The van der Waals surface area contributed by atoms with Crippen molar-refractivity contribution in [3.05, 3.63) is 29.1 Å². The first kappa shape index (κ1) is 16.8. The molecule has 0 radical (unpaired) electrons. The van der Waals surface area contributed by atoms with Crippen LogP contribution in [0.25, 0.3) is 10.1 Å². The summed E-state index contributed by atoms with van der Waals surface area (Å²) in [7, 11) is -1.75. The Bertz CT molecular complexity index is 794. The molecular weight excluding hydrogens is 320 g/mol. The number of hydrogen-bond donors (Lipinski definition) is 1. The zero-order valence-corrected chi connectivity index (χ0v) is 14.7. The van der Waals surface area contributed by atoms with Crippen LogP contribution in [0, 0.1) is 0 Å². The van der Waals surface area contributed by atoms with Crippen LogP contribution in [0.3, 0.4) is 0 Å². The predicted molar refractivity (Wildman–Crippen MR) is 92.3 cm³/mol. The number of fused-ring (bicyclic) bond motifs is 1. The van der Waals surface area contributed by atoms with Gasteiger partial charge in [-0.2, -0.15) is 0 Å². The summed E-state index contributed by atoms with van der Waals surface area (Å²) in [5.74, 6) is -0.0555. The Hall–Kier alpha value is -1.60. The van der Waals surface area contributed by atoms with Crippen LogP contribution in [-0.4, -0.2) is 33.2 Å². The van der Waals surface area contributed by atoms with Gasteiger partial charge in [0, 0.05) is 17.8 Å². The Kier molecular flexibility index (Phi) is 4.77. The maximum Gasteiger partial charge on any atom is 0.261 e. The van der Waals surface area contributed by atoms with Gasteiger partial charge in [-0.15, -0.1) is 11.3 Å². The van der Waals surface area contributed by atoms with Gasteiger partial charge < -0.3 is 5.32 Å². The molecule has 0 spiro atoms. The number of sulfonamides is 1. The lowest BCUT2D eigenvalue weighted by Crippen LogP contribution is -2.29. The van der Waals surface area contributed by atoms with E-state index in [-0.39, 0.29) is 17.7 Å². The number of nitrogens with one attached hydrogen (secondary N) is 1. The van der Waals surface area contributed by atoms with E-state index in [1.807, 2.05) is 19.9 Å². The molecule has 5 nitrogen and oxygen atoms in total. The molecule has 0 aliphatic rings. The second kappa shape index (κ2) is 6.26. The molecule has 0 aliphatic heterocycles. The number of carbonyl (C=O) groups is 1. The third-order valence-electron chi connectivity index (χ3n) is 3.29. The van der Waals surface area contributed by atoms with Crippen molar-refractivity contribution in [3.8, 4) is 0 Å². The Balaban J connectivity index is 2.38. The number of thiophene rings is 1. The number of nitrogens with zero attached hydrogens (tertiary/aromatic N) is 1. The normalized spacial score (nSPS) is 11.9. The molecule has 1 N–H and O–H groups in total.